The molecule has 28 heavy (non-hydrogen) atoms. The summed E-state index contributed by atoms with van der Waals surface area (Å²) < 4.78 is 13.2. The molecule has 9 nitrogen and oxygen atoms in total. The second-order valence-corrected chi connectivity index (χ2v) is 7.11. The third-order valence-electron chi connectivity index (χ3n) is 5.35. The predicted molar refractivity (Wildman–Crippen MR) is 105 cm³/mol. The molecule has 5 rings (SSSR count). The molecule has 3 aromatic heterocycles. The highest BCUT2D eigenvalue weighted by molar-refractivity contribution is 5.88. The number of nitrogen functional groups attached to an aromatic ring is 1. The van der Waals surface area contributed by atoms with Gasteiger partial charge in [0.05, 0.1) is 19.5 Å². The predicted octanol–water partition coefficient (Wildman–Crippen LogP) is 1.66. The van der Waals surface area contributed by atoms with Gasteiger partial charge in [-0.1, -0.05) is 0 Å². The SMILES string of the molecule is Nc1ccc(-c2nc(N3CCOCC3)nc3c2ncn3C2CCOCC2)cn1. The van der Waals surface area contributed by atoms with Gasteiger partial charge in [0.15, 0.2) is 5.65 Å². The van der Waals surface area contributed by atoms with Crippen LogP contribution in [-0.4, -0.2) is 64.0 Å². The average molecular weight is 381 g/mol. The summed E-state index contributed by atoms with van der Waals surface area (Å²) in [6.07, 6.45) is 5.54. The Labute approximate surface area is 162 Å². The molecule has 0 bridgehead atoms. The molecule has 0 radical (unpaired) electrons. The van der Waals surface area contributed by atoms with Crippen LogP contribution < -0.4 is 10.6 Å². The molecule has 2 N–H and O–H groups in total. The number of pyridine rings is 1. The van der Waals surface area contributed by atoms with Crippen LogP contribution in [0, 0.1) is 0 Å². The van der Waals surface area contributed by atoms with E-state index in [9.17, 15) is 0 Å². The molecule has 5 heterocycles. The lowest BCUT2D eigenvalue weighted by Gasteiger charge is -2.27. The summed E-state index contributed by atoms with van der Waals surface area (Å²) in [5.41, 5.74) is 9.08. The molecule has 0 spiro atoms. The van der Waals surface area contributed by atoms with Crippen molar-refractivity contribution in [2.24, 2.45) is 0 Å². The van der Waals surface area contributed by atoms with Crippen LogP contribution in [0.25, 0.3) is 22.4 Å². The molecule has 0 unspecified atom stereocenters. The second kappa shape index (κ2) is 7.33. The number of imidazole rings is 1. The minimum Gasteiger partial charge on any atom is -0.384 e. The summed E-state index contributed by atoms with van der Waals surface area (Å²) in [7, 11) is 0. The first kappa shape index (κ1) is 17.3. The van der Waals surface area contributed by atoms with Gasteiger partial charge >= 0.3 is 0 Å². The monoisotopic (exact) mass is 381 g/mol. The van der Waals surface area contributed by atoms with Crippen LogP contribution in [0.2, 0.25) is 0 Å². The Morgan fingerprint density at radius 2 is 1.75 bits per heavy atom. The number of aromatic nitrogens is 5. The van der Waals surface area contributed by atoms with Gasteiger partial charge in [-0.25, -0.2) is 15.0 Å². The van der Waals surface area contributed by atoms with Crippen molar-refractivity contribution in [2.45, 2.75) is 18.9 Å². The second-order valence-electron chi connectivity index (χ2n) is 7.11. The van der Waals surface area contributed by atoms with Crippen LogP contribution in [0.3, 0.4) is 0 Å². The van der Waals surface area contributed by atoms with E-state index in [0.717, 1.165) is 61.6 Å². The number of hydrogen-bond donors (Lipinski definition) is 1. The number of nitrogens with two attached hydrogens (primary N) is 1. The van der Waals surface area contributed by atoms with Gasteiger partial charge in [0.25, 0.3) is 0 Å². The maximum Gasteiger partial charge on any atom is 0.228 e. The smallest absolute Gasteiger partial charge is 0.228 e. The van der Waals surface area contributed by atoms with E-state index < -0.39 is 0 Å². The van der Waals surface area contributed by atoms with E-state index in [-0.39, 0.29) is 0 Å². The Balaban J connectivity index is 1.65. The summed E-state index contributed by atoms with van der Waals surface area (Å²) in [5.74, 6) is 1.19. The van der Waals surface area contributed by atoms with Crippen LogP contribution in [0.4, 0.5) is 11.8 Å². The third kappa shape index (κ3) is 3.16. The lowest BCUT2D eigenvalue weighted by Crippen LogP contribution is -2.37. The van der Waals surface area contributed by atoms with E-state index in [4.69, 9.17) is 25.2 Å². The van der Waals surface area contributed by atoms with Gasteiger partial charge in [0, 0.05) is 44.1 Å². The molecule has 2 fully saturated rings. The Bertz CT molecular complexity index is 960. The molecule has 2 aliphatic rings. The van der Waals surface area contributed by atoms with E-state index >= 15 is 0 Å². The van der Waals surface area contributed by atoms with Gasteiger partial charge in [-0.15, -0.1) is 0 Å². The van der Waals surface area contributed by atoms with Gasteiger partial charge < -0.3 is 24.7 Å². The van der Waals surface area contributed by atoms with Crippen molar-refractivity contribution in [1.29, 1.82) is 0 Å². The zero-order valence-electron chi connectivity index (χ0n) is 15.6. The summed E-state index contributed by atoms with van der Waals surface area (Å²) in [6, 6.07) is 4.05. The minimum absolute atomic E-state index is 0.337. The van der Waals surface area contributed by atoms with Crippen LogP contribution in [0.1, 0.15) is 18.9 Å². The fourth-order valence-corrected chi connectivity index (χ4v) is 3.79. The minimum atomic E-state index is 0.337. The summed E-state index contributed by atoms with van der Waals surface area (Å²) >= 11 is 0. The maximum absolute atomic E-state index is 5.77. The van der Waals surface area contributed by atoms with E-state index in [1.807, 2.05) is 12.4 Å². The molecule has 2 aliphatic heterocycles. The molecule has 2 saturated heterocycles. The van der Waals surface area contributed by atoms with Crippen molar-refractivity contribution in [2.75, 3.05) is 50.2 Å². The molecular weight excluding hydrogens is 358 g/mol. The lowest BCUT2D eigenvalue weighted by molar-refractivity contribution is 0.0704. The van der Waals surface area contributed by atoms with Crippen LogP contribution in [0.15, 0.2) is 24.7 Å². The first-order chi connectivity index (χ1) is 13.8. The Morgan fingerprint density at radius 1 is 0.964 bits per heavy atom. The van der Waals surface area contributed by atoms with E-state index in [1.165, 1.54) is 0 Å². The van der Waals surface area contributed by atoms with Crippen LogP contribution in [-0.2, 0) is 9.47 Å². The van der Waals surface area contributed by atoms with Crippen molar-refractivity contribution in [3.63, 3.8) is 0 Å². The Morgan fingerprint density at radius 3 is 2.50 bits per heavy atom. The van der Waals surface area contributed by atoms with Crippen LogP contribution in [0.5, 0.6) is 0 Å². The quantitative estimate of drug-likeness (QED) is 0.730. The number of hydrogen-bond acceptors (Lipinski definition) is 8. The van der Waals surface area contributed by atoms with E-state index in [2.05, 4.69) is 19.4 Å². The van der Waals surface area contributed by atoms with Gasteiger partial charge in [-0.2, -0.15) is 4.98 Å². The molecule has 0 aliphatic carbocycles. The third-order valence-corrected chi connectivity index (χ3v) is 5.35. The normalized spacial score (nSPS) is 18.6. The number of morpholine rings is 1. The first-order valence-corrected chi connectivity index (χ1v) is 9.66. The van der Waals surface area contributed by atoms with Crippen LogP contribution >= 0.6 is 0 Å². The molecule has 0 amide bonds. The molecule has 146 valence electrons. The maximum atomic E-state index is 5.77. The highest BCUT2D eigenvalue weighted by Gasteiger charge is 2.23. The fraction of sp³-hybridized carbons (Fsp3) is 0.474. The molecular formula is C19H23N7O2. The zero-order chi connectivity index (χ0) is 18.9. The average Bonchev–Trinajstić information content (AvgIpc) is 3.19. The lowest BCUT2D eigenvalue weighted by atomic mass is 10.1. The first-order valence-electron chi connectivity index (χ1n) is 9.66. The fourth-order valence-electron chi connectivity index (χ4n) is 3.79. The van der Waals surface area contributed by atoms with Gasteiger partial charge in [0.2, 0.25) is 5.95 Å². The number of anilines is 2. The summed E-state index contributed by atoms with van der Waals surface area (Å²) in [4.78, 5) is 20.8. The number of nitrogens with zero attached hydrogens (tertiary/aromatic N) is 6. The Hall–Kier alpha value is -2.78. The van der Waals surface area contributed by atoms with Crippen molar-refractivity contribution < 1.29 is 9.47 Å². The van der Waals surface area contributed by atoms with Crippen molar-refractivity contribution in [3.8, 4) is 11.3 Å². The van der Waals surface area contributed by atoms with Crippen molar-refractivity contribution >= 4 is 22.9 Å². The van der Waals surface area contributed by atoms with E-state index in [0.29, 0.717) is 31.0 Å². The molecule has 0 saturated carbocycles. The largest absolute Gasteiger partial charge is 0.384 e. The zero-order valence-corrected chi connectivity index (χ0v) is 15.6. The number of ether oxygens (including phenoxy) is 2. The number of fused-ring (bicyclic) bond motifs is 1. The van der Waals surface area contributed by atoms with E-state index in [1.54, 1.807) is 12.3 Å². The topological polar surface area (TPSA) is 104 Å². The Kier molecular flexibility index (Phi) is 4.53. The number of rotatable bonds is 3. The highest BCUT2D eigenvalue weighted by atomic mass is 16.5. The molecule has 9 heteroatoms. The standard InChI is InChI=1S/C19H23N7O2/c20-15-2-1-13(11-21-15)16-17-18(24-19(23-16)25-5-9-28-10-6-25)26(12-22-17)14-3-7-27-8-4-14/h1-2,11-12,14H,3-10H2,(H2,20,21). The van der Waals surface area contributed by atoms with Gasteiger partial charge in [-0.05, 0) is 25.0 Å². The molecule has 3 aromatic rings. The van der Waals surface area contributed by atoms with Crippen molar-refractivity contribution in [1.82, 2.24) is 24.5 Å². The highest BCUT2D eigenvalue weighted by Crippen LogP contribution is 2.31. The molecule has 0 aromatic carbocycles. The van der Waals surface area contributed by atoms with Crippen molar-refractivity contribution in [3.05, 3.63) is 24.7 Å². The van der Waals surface area contributed by atoms with Gasteiger partial charge in [-0.3, -0.25) is 0 Å². The molecule has 0 atom stereocenters. The summed E-state index contributed by atoms with van der Waals surface area (Å²) in [6.45, 7) is 4.44. The summed E-state index contributed by atoms with van der Waals surface area (Å²) in [5, 5.41) is 0. The van der Waals surface area contributed by atoms with Gasteiger partial charge in [0.1, 0.15) is 17.0 Å².